The van der Waals surface area contributed by atoms with Crippen molar-refractivity contribution in [3.63, 3.8) is 0 Å². The highest BCUT2D eigenvalue weighted by Crippen LogP contribution is 2.56. The van der Waals surface area contributed by atoms with Crippen molar-refractivity contribution in [2.45, 2.75) is 45.1 Å². The molecule has 5 heteroatoms. The van der Waals surface area contributed by atoms with Crippen LogP contribution in [0.2, 0.25) is 0 Å². The Labute approximate surface area is 179 Å². The summed E-state index contributed by atoms with van der Waals surface area (Å²) in [4.78, 5) is 17.5. The molecule has 1 aromatic rings. The third-order valence-electron chi connectivity index (χ3n) is 8.34. The van der Waals surface area contributed by atoms with Crippen LogP contribution in [0, 0.1) is 29.0 Å². The second-order valence-corrected chi connectivity index (χ2v) is 10.2. The van der Waals surface area contributed by atoms with Crippen molar-refractivity contribution in [3.8, 4) is 0 Å². The summed E-state index contributed by atoms with van der Waals surface area (Å²) < 4.78 is 19.1. The van der Waals surface area contributed by atoms with Crippen LogP contribution in [0.5, 0.6) is 0 Å². The molecule has 2 aliphatic heterocycles. The third kappa shape index (κ3) is 3.55. The average Bonchev–Trinajstić information content (AvgIpc) is 3.01. The maximum absolute atomic E-state index is 13.2. The van der Waals surface area contributed by atoms with Crippen molar-refractivity contribution in [2.24, 2.45) is 23.2 Å². The average molecular weight is 413 g/mol. The summed E-state index contributed by atoms with van der Waals surface area (Å²) in [6, 6.07) is 6.73. The quantitative estimate of drug-likeness (QED) is 0.549. The minimum Gasteiger partial charge on any atom is -0.462 e. The molecule has 0 aromatic heterocycles. The number of ether oxygens (including phenoxy) is 1. The van der Waals surface area contributed by atoms with Crippen LogP contribution in [-0.4, -0.2) is 49.7 Å². The van der Waals surface area contributed by atoms with Crippen LogP contribution in [0.15, 0.2) is 36.4 Å². The van der Waals surface area contributed by atoms with E-state index in [1.54, 1.807) is 0 Å². The van der Waals surface area contributed by atoms with Gasteiger partial charge in [0, 0.05) is 44.3 Å². The molecular weight excluding hydrogens is 379 g/mol. The molecule has 2 heterocycles. The van der Waals surface area contributed by atoms with Gasteiger partial charge in [-0.25, -0.2) is 4.39 Å². The van der Waals surface area contributed by atoms with E-state index in [9.17, 15) is 9.18 Å². The summed E-state index contributed by atoms with van der Waals surface area (Å²) in [5, 5.41) is 0. The van der Waals surface area contributed by atoms with Crippen molar-refractivity contribution in [1.82, 2.24) is 4.90 Å². The number of halogens is 1. The summed E-state index contributed by atoms with van der Waals surface area (Å²) >= 11 is 0. The first-order valence-corrected chi connectivity index (χ1v) is 11.5. The first kappa shape index (κ1) is 20.0. The summed E-state index contributed by atoms with van der Waals surface area (Å²) in [6.45, 7) is 11.2. The van der Waals surface area contributed by atoms with Gasteiger partial charge in [-0.3, -0.25) is 9.69 Å². The minimum absolute atomic E-state index is 0.00773. The number of carbonyl (C=O) groups excluding carboxylic acids is 1. The van der Waals surface area contributed by atoms with Gasteiger partial charge in [-0.15, -0.1) is 0 Å². The molecular formula is C25H33FN2O2. The van der Waals surface area contributed by atoms with Crippen LogP contribution in [0.4, 0.5) is 10.1 Å². The van der Waals surface area contributed by atoms with Gasteiger partial charge in [0.25, 0.3) is 0 Å². The highest BCUT2D eigenvalue weighted by Gasteiger charge is 2.55. The Bertz CT molecular complexity index is 817. The molecule has 4 aliphatic rings. The first-order valence-electron chi connectivity index (χ1n) is 11.5. The molecule has 2 saturated carbocycles. The Hall–Kier alpha value is -1.88. The minimum atomic E-state index is -0.198. The lowest BCUT2D eigenvalue weighted by Gasteiger charge is -2.50. The molecule has 0 radical (unpaired) electrons. The van der Waals surface area contributed by atoms with E-state index >= 15 is 0 Å². The van der Waals surface area contributed by atoms with Crippen LogP contribution >= 0.6 is 0 Å². The van der Waals surface area contributed by atoms with Gasteiger partial charge in [0.05, 0.1) is 5.92 Å². The molecule has 2 saturated heterocycles. The highest BCUT2D eigenvalue weighted by molar-refractivity contribution is 5.75. The standard InChI is InChI=1S/C25H33FN2O2/c1-17-4-3-9-25(2)15-23-20(14-22(17)25)21(24(29)30-23)16-27-10-12-28(13-11-27)19-7-5-18(26)6-8-19/h5-8,20-23H,1,3-4,9-16H2,2H3/t20-,21-,22-,23+,25-/m0/s1. The normalized spacial score (nSPS) is 36.9. The van der Waals surface area contributed by atoms with E-state index < -0.39 is 0 Å². The lowest BCUT2D eigenvalue weighted by Crippen LogP contribution is -2.50. The number of hydrogen-bond acceptors (Lipinski definition) is 4. The second kappa shape index (κ2) is 7.67. The van der Waals surface area contributed by atoms with E-state index in [2.05, 4.69) is 23.3 Å². The molecule has 2 aliphatic carbocycles. The number of esters is 1. The van der Waals surface area contributed by atoms with Crippen LogP contribution in [0.3, 0.4) is 0 Å². The molecule has 0 spiro atoms. The van der Waals surface area contributed by atoms with Gasteiger partial charge in [-0.2, -0.15) is 0 Å². The van der Waals surface area contributed by atoms with E-state index in [0.29, 0.717) is 11.8 Å². The fourth-order valence-corrected chi connectivity index (χ4v) is 6.58. The maximum Gasteiger partial charge on any atom is 0.310 e. The fourth-order valence-electron chi connectivity index (χ4n) is 6.58. The number of fused-ring (bicyclic) bond motifs is 2. The highest BCUT2D eigenvalue weighted by atomic mass is 19.1. The number of benzene rings is 1. The van der Waals surface area contributed by atoms with Crippen molar-refractivity contribution < 1.29 is 13.9 Å². The van der Waals surface area contributed by atoms with E-state index in [1.807, 2.05) is 12.1 Å². The monoisotopic (exact) mass is 412 g/mol. The summed E-state index contributed by atoms with van der Waals surface area (Å²) in [5.41, 5.74) is 2.72. The number of nitrogens with zero attached hydrogens (tertiary/aromatic N) is 2. The van der Waals surface area contributed by atoms with Crippen molar-refractivity contribution in [3.05, 3.63) is 42.2 Å². The second-order valence-electron chi connectivity index (χ2n) is 10.2. The summed E-state index contributed by atoms with van der Waals surface area (Å²) in [7, 11) is 0. The van der Waals surface area contributed by atoms with E-state index in [1.165, 1.54) is 30.5 Å². The van der Waals surface area contributed by atoms with Gasteiger partial charge in [-0.05, 0) is 67.7 Å². The molecule has 30 heavy (non-hydrogen) atoms. The smallest absolute Gasteiger partial charge is 0.310 e. The van der Waals surface area contributed by atoms with Crippen molar-refractivity contribution in [1.29, 1.82) is 0 Å². The van der Waals surface area contributed by atoms with Crippen LogP contribution in [0.1, 0.15) is 39.0 Å². The van der Waals surface area contributed by atoms with Crippen molar-refractivity contribution >= 4 is 11.7 Å². The number of piperazine rings is 1. The lowest BCUT2D eigenvalue weighted by molar-refractivity contribution is -0.146. The lowest BCUT2D eigenvalue weighted by atomic mass is 9.55. The molecule has 0 amide bonds. The van der Waals surface area contributed by atoms with Gasteiger partial charge < -0.3 is 9.64 Å². The molecule has 0 unspecified atom stereocenters. The maximum atomic E-state index is 13.2. The Morgan fingerprint density at radius 3 is 2.67 bits per heavy atom. The van der Waals surface area contributed by atoms with Gasteiger partial charge in [0.15, 0.2) is 0 Å². The molecule has 162 valence electrons. The largest absolute Gasteiger partial charge is 0.462 e. The molecule has 5 rings (SSSR count). The SMILES string of the molecule is C=C1CCC[C@@]2(C)C[C@H]3OC(=O)[C@@H](CN4CCN(c5ccc(F)cc5)CC4)[C@@H]3C[C@@H]12. The zero-order valence-corrected chi connectivity index (χ0v) is 18.0. The van der Waals surface area contributed by atoms with E-state index in [-0.39, 0.29) is 29.2 Å². The zero-order valence-electron chi connectivity index (χ0n) is 18.0. The Morgan fingerprint density at radius 2 is 1.93 bits per heavy atom. The molecule has 0 bridgehead atoms. The van der Waals surface area contributed by atoms with Crippen molar-refractivity contribution in [2.75, 3.05) is 37.6 Å². The molecule has 1 aromatic carbocycles. The number of rotatable bonds is 3. The van der Waals surface area contributed by atoms with Gasteiger partial charge in [0.2, 0.25) is 0 Å². The summed E-state index contributed by atoms with van der Waals surface area (Å²) in [6.07, 6.45) is 5.75. The number of allylic oxidation sites excluding steroid dienone is 1. The van der Waals surface area contributed by atoms with E-state index in [4.69, 9.17) is 4.74 Å². The number of hydrogen-bond donors (Lipinski definition) is 0. The van der Waals surface area contributed by atoms with Gasteiger partial charge >= 0.3 is 5.97 Å². The molecule has 4 fully saturated rings. The Balaban J connectivity index is 1.22. The van der Waals surface area contributed by atoms with Crippen LogP contribution < -0.4 is 4.90 Å². The molecule has 4 nitrogen and oxygen atoms in total. The predicted octanol–water partition coefficient (Wildman–Crippen LogP) is 4.26. The van der Waals surface area contributed by atoms with Gasteiger partial charge in [0.1, 0.15) is 11.9 Å². The van der Waals surface area contributed by atoms with Crippen LogP contribution in [0.25, 0.3) is 0 Å². The van der Waals surface area contributed by atoms with Gasteiger partial charge in [-0.1, -0.05) is 19.1 Å². The Kier molecular flexibility index (Phi) is 5.12. The topological polar surface area (TPSA) is 32.8 Å². The first-order chi connectivity index (χ1) is 14.4. The molecule has 5 atom stereocenters. The predicted molar refractivity (Wildman–Crippen MR) is 116 cm³/mol. The Morgan fingerprint density at radius 1 is 1.20 bits per heavy atom. The number of carbonyl (C=O) groups is 1. The zero-order chi connectivity index (χ0) is 20.9. The summed E-state index contributed by atoms with van der Waals surface area (Å²) in [5.74, 6) is 0.682. The third-order valence-corrected chi connectivity index (χ3v) is 8.34. The fraction of sp³-hybridized carbons (Fsp3) is 0.640. The number of anilines is 1. The van der Waals surface area contributed by atoms with E-state index in [0.717, 1.165) is 57.7 Å². The van der Waals surface area contributed by atoms with Crippen LogP contribution in [-0.2, 0) is 9.53 Å². The molecule has 0 N–H and O–H groups in total.